The summed E-state index contributed by atoms with van der Waals surface area (Å²) in [5, 5.41) is 9.53. The average Bonchev–Trinajstić information content (AvgIpc) is 2.09. The van der Waals surface area contributed by atoms with Gasteiger partial charge in [-0.1, -0.05) is 17.7 Å². The second-order valence-corrected chi connectivity index (χ2v) is 4.78. The van der Waals surface area contributed by atoms with Crippen LogP contribution < -0.4 is 5.73 Å². The van der Waals surface area contributed by atoms with Crippen molar-refractivity contribution in [3.05, 3.63) is 33.3 Å². The fourth-order valence-corrected chi connectivity index (χ4v) is 1.72. The van der Waals surface area contributed by atoms with E-state index in [0.29, 0.717) is 11.4 Å². The van der Waals surface area contributed by atoms with Gasteiger partial charge in [-0.2, -0.15) is 0 Å². The summed E-state index contributed by atoms with van der Waals surface area (Å²) in [6.07, 6.45) is 0.529. The minimum absolute atomic E-state index is 0.0766. The maximum atomic E-state index is 8.87. The summed E-state index contributed by atoms with van der Waals surface area (Å²) in [6, 6.07) is 5.56. The van der Waals surface area contributed by atoms with Crippen LogP contribution in [0.25, 0.3) is 0 Å². The number of aliphatic hydroxyl groups is 1. The third-order valence-electron chi connectivity index (χ3n) is 2.21. The first-order valence-electron chi connectivity index (χ1n) is 4.32. The Labute approximate surface area is 97.2 Å². The molecule has 1 rings (SSSR count). The van der Waals surface area contributed by atoms with Gasteiger partial charge >= 0.3 is 0 Å². The smallest absolute Gasteiger partial charge is 0.0548 e. The molecule has 1 aromatic carbocycles. The average molecular weight is 279 g/mol. The van der Waals surface area contributed by atoms with E-state index in [1.807, 2.05) is 19.1 Å². The highest BCUT2D eigenvalue weighted by molar-refractivity contribution is 9.10. The molecule has 0 radical (unpaired) electrons. The molecule has 0 saturated heterocycles. The SMILES string of the molecule is C[C@](N)(CCO)c1ccc(Cl)c(Br)c1. The van der Waals surface area contributed by atoms with Crippen LogP contribution in [-0.2, 0) is 5.54 Å². The summed E-state index contributed by atoms with van der Waals surface area (Å²) < 4.78 is 0.825. The van der Waals surface area contributed by atoms with E-state index >= 15 is 0 Å². The summed E-state index contributed by atoms with van der Waals surface area (Å²) >= 11 is 9.21. The van der Waals surface area contributed by atoms with Crippen molar-refractivity contribution in [3.8, 4) is 0 Å². The third-order valence-corrected chi connectivity index (χ3v) is 3.42. The monoisotopic (exact) mass is 277 g/mol. The minimum Gasteiger partial charge on any atom is -0.396 e. The van der Waals surface area contributed by atoms with Crippen LogP contribution in [0.4, 0.5) is 0 Å². The molecule has 3 N–H and O–H groups in total. The van der Waals surface area contributed by atoms with Crippen molar-refractivity contribution in [1.29, 1.82) is 0 Å². The Balaban J connectivity index is 3.01. The van der Waals surface area contributed by atoms with Gasteiger partial charge in [0.15, 0.2) is 0 Å². The molecule has 0 unspecified atom stereocenters. The Morgan fingerprint density at radius 3 is 2.71 bits per heavy atom. The van der Waals surface area contributed by atoms with Crippen LogP contribution in [0.3, 0.4) is 0 Å². The number of benzene rings is 1. The number of nitrogens with two attached hydrogens (primary N) is 1. The molecule has 0 aliphatic rings. The summed E-state index contributed by atoms with van der Waals surface area (Å²) in [5.74, 6) is 0. The van der Waals surface area contributed by atoms with Crippen LogP contribution >= 0.6 is 27.5 Å². The zero-order chi connectivity index (χ0) is 10.8. The van der Waals surface area contributed by atoms with Gasteiger partial charge in [-0.15, -0.1) is 0 Å². The van der Waals surface area contributed by atoms with Gasteiger partial charge in [0.25, 0.3) is 0 Å². The Kier molecular flexibility index (Phi) is 3.95. The van der Waals surface area contributed by atoms with E-state index in [1.54, 1.807) is 6.07 Å². The van der Waals surface area contributed by atoms with Gasteiger partial charge in [0.2, 0.25) is 0 Å². The van der Waals surface area contributed by atoms with E-state index in [2.05, 4.69) is 15.9 Å². The first-order valence-corrected chi connectivity index (χ1v) is 5.50. The molecule has 0 amide bonds. The quantitative estimate of drug-likeness (QED) is 0.893. The molecular weight excluding hydrogens is 265 g/mol. The lowest BCUT2D eigenvalue weighted by molar-refractivity contribution is 0.247. The van der Waals surface area contributed by atoms with Gasteiger partial charge in [-0.25, -0.2) is 0 Å². The minimum atomic E-state index is -0.512. The Morgan fingerprint density at radius 2 is 2.21 bits per heavy atom. The Morgan fingerprint density at radius 1 is 1.57 bits per heavy atom. The van der Waals surface area contributed by atoms with Gasteiger partial charge in [0.05, 0.1) is 5.02 Å². The largest absolute Gasteiger partial charge is 0.396 e. The summed E-state index contributed by atoms with van der Waals surface area (Å²) in [4.78, 5) is 0. The van der Waals surface area contributed by atoms with Crippen LogP contribution in [-0.4, -0.2) is 11.7 Å². The highest BCUT2D eigenvalue weighted by Gasteiger charge is 2.20. The van der Waals surface area contributed by atoms with Gasteiger partial charge in [-0.05, 0) is 47.0 Å². The number of halogens is 2. The Bertz CT molecular complexity index is 328. The van der Waals surface area contributed by atoms with E-state index in [0.717, 1.165) is 10.0 Å². The fourth-order valence-electron chi connectivity index (χ4n) is 1.23. The van der Waals surface area contributed by atoms with Gasteiger partial charge in [-0.3, -0.25) is 0 Å². The molecule has 0 bridgehead atoms. The second-order valence-electron chi connectivity index (χ2n) is 3.52. The molecular formula is C10H13BrClNO. The summed E-state index contributed by atoms with van der Waals surface area (Å²) in [7, 11) is 0. The lowest BCUT2D eigenvalue weighted by atomic mass is 9.90. The van der Waals surface area contributed by atoms with E-state index < -0.39 is 5.54 Å². The van der Waals surface area contributed by atoms with Crippen molar-refractivity contribution < 1.29 is 5.11 Å². The molecule has 0 aliphatic heterocycles. The topological polar surface area (TPSA) is 46.2 Å². The molecule has 1 atom stereocenters. The first kappa shape index (κ1) is 12.0. The molecule has 14 heavy (non-hydrogen) atoms. The molecule has 0 aromatic heterocycles. The fraction of sp³-hybridized carbons (Fsp3) is 0.400. The second kappa shape index (κ2) is 4.62. The predicted molar refractivity (Wildman–Crippen MR) is 62.4 cm³/mol. The molecule has 0 spiro atoms. The highest BCUT2D eigenvalue weighted by atomic mass is 79.9. The van der Waals surface area contributed by atoms with Gasteiger partial charge in [0, 0.05) is 16.6 Å². The molecule has 78 valence electrons. The van der Waals surface area contributed by atoms with Crippen LogP contribution in [0.2, 0.25) is 5.02 Å². The van der Waals surface area contributed by atoms with E-state index in [9.17, 15) is 0 Å². The van der Waals surface area contributed by atoms with Gasteiger partial charge in [0.1, 0.15) is 0 Å². The van der Waals surface area contributed by atoms with Crippen LogP contribution in [0.5, 0.6) is 0 Å². The summed E-state index contributed by atoms with van der Waals surface area (Å²) in [5.41, 5.74) is 6.49. The van der Waals surface area contributed by atoms with Crippen LogP contribution in [0.1, 0.15) is 18.9 Å². The van der Waals surface area contributed by atoms with E-state index in [1.165, 1.54) is 0 Å². The zero-order valence-electron chi connectivity index (χ0n) is 7.93. The molecule has 4 heteroatoms. The Hall–Kier alpha value is -0.0900. The normalized spacial score (nSPS) is 15.2. The van der Waals surface area contributed by atoms with Crippen molar-refractivity contribution in [2.45, 2.75) is 18.9 Å². The van der Waals surface area contributed by atoms with E-state index in [-0.39, 0.29) is 6.61 Å². The maximum Gasteiger partial charge on any atom is 0.0548 e. The van der Waals surface area contributed by atoms with Crippen molar-refractivity contribution in [1.82, 2.24) is 0 Å². The zero-order valence-corrected chi connectivity index (χ0v) is 10.3. The van der Waals surface area contributed by atoms with Crippen LogP contribution in [0.15, 0.2) is 22.7 Å². The standard InChI is InChI=1S/C10H13BrClNO/c1-10(13,4-5-14)7-2-3-9(12)8(11)6-7/h2-3,6,14H,4-5,13H2,1H3/t10-/m0/s1. The highest BCUT2D eigenvalue weighted by Crippen LogP contribution is 2.29. The van der Waals surface area contributed by atoms with Crippen molar-refractivity contribution in [2.75, 3.05) is 6.61 Å². The molecule has 2 nitrogen and oxygen atoms in total. The number of hydrogen-bond acceptors (Lipinski definition) is 2. The molecule has 0 aliphatic carbocycles. The van der Waals surface area contributed by atoms with Crippen molar-refractivity contribution in [2.24, 2.45) is 5.73 Å². The molecule has 0 saturated carbocycles. The third kappa shape index (κ3) is 2.70. The lowest BCUT2D eigenvalue weighted by Crippen LogP contribution is -2.33. The maximum absolute atomic E-state index is 8.87. The molecule has 0 heterocycles. The van der Waals surface area contributed by atoms with Crippen molar-refractivity contribution >= 4 is 27.5 Å². The number of rotatable bonds is 3. The van der Waals surface area contributed by atoms with Crippen LogP contribution in [0, 0.1) is 0 Å². The first-order chi connectivity index (χ1) is 6.47. The number of aliphatic hydroxyl groups excluding tert-OH is 1. The number of hydrogen-bond donors (Lipinski definition) is 2. The summed E-state index contributed by atoms with van der Waals surface area (Å²) in [6.45, 7) is 1.96. The molecule has 0 fully saturated rings. The van der Waals surface area contributed by atoms with E-state index in [4.69, 9.17) is 22.4 Å². The van der Waals surface area contributed by atoms with Gasteiger partial charge < -0.3 is 10.8 Å². The predicted octanol–water partition coefficient (Wildman–Crippen LogP) is 2.66. The lowest BCUT2D eigenvalue weighted by Gasteiger charge is -2.24. The van der Waals surface area contributed by atoms with Crippen molar-refractivity contribution in [3.63, 3.8) is 0 Å². The molecule has 1 aromatic rings.